The van der Waals surface area contributed by atoms with Gasteiger partial charge in [-0.05, 0) is 12.5 Å². The zero-order valence-corrected chi connectivity index (χ0v) is 14.9. The fourth-order valence-electron chi connectivity index (χ4n) is 5.15. The van der Waals surface area contributed by atoms with Crippen molar-refractivity contribution in [2.75, 3.05) is 20.3 Å². The number of amides is 3. The molecule has 4 aliphatic heterocycles. The van der Waals surface area contributed by atoms with Crippen LogP contribution in [-0.4, -0.2) is 64.9 Å². The van der Waals surface area contributed by atoms with Gasteiger partial charge in [0.2, 0.25) is 17.4 Å². The van der Waals surface area contributed by atoms with Gasteiger partial charge >= 0.3 is 0 Å². The number of imide groups is 1. The molecular formula is C19H18N2O6. The average Bonchev–Trinajstić information content (AvgIpc) is 3.21. The molecule has 0 saturated carbocycles. The first kappa shape index (κ1) is 16.6. The molecule has 1 spiro atoms. The monoisotopic (exact) mass is 370 g/mol. The van der Waals surface area contributed by atoms with E-state index in [-0.39, 0.29) is 13.2 Å². The van der Waals surface area contributed by atoms with E-state index in [0.717, 1.165) is 10.5 Å². The van der Waals surface area contributed by atoms with Crippen molar-refractivity contribution in [3.8, 4) is 0 Å². The van der Waals surface area contributed by atoms with Gasteiger partial charge in [0.1, 0.15) is 11.8 Å². The Labute approximate surface area is 155 Å². The molecule has 4 heterocycles. The lowest BCUT2D eigenvalue weighted by Crippen LogP contribution is -2.66. The van der Waals surface area contributed by atoms with Crippen molar-refractivity contribution < 1.29 is 28.7 Å². The zero-order chi connectivity index (χ0) is 19.1. The molecule has 1 aromatic carbocycles. The van der Waals surface area contributed by atoms with E-state index in [1.54, 1.807) is 0 Å². The van der Waals surface area contributed by atoms with E-state index in [9.17, 15) is 19.2 Å². The fourth-order valence-corrected chi connectivity index (χ4v) is 5.15. The third kappa shape index (κ3) is 1.66. The number of carbonyl (C=O) groups excluding carboxylic acids is 4. The summed E-state index contributed by atoms with van der Waals surface area (Å²) in [5.74, 6) is -4.17. The predicted molar refractivity (Wildman–Crippen MR) is 88.8 cm³/mol. The first-order valence-corrected chi connectivity index (χ1v) is 8.85. The number of hydrogen-bond donors (Lipinski definition) is 0. The summed E-state index contributed by atoms with van der Waals surface area (Å²) in [7, 11) is 1.38. The Kier molecular flexibility index (Phi) is 3.08. The van der Waals surface area contributed by atoms with Crippen LogP contribution in [0.1, 0.15) is 18.5 Å². The van der Waals surface area contributed by atoms with Crippen LogP contribution < -0.4 is 0 Å². The molecule has 5 rings (SSSR count). The van der Waals surface area contributed by atoms with Crippen LogP contribution in [0.3, 0.4) is 0 Å². The van der Waals surface area contributed by atoms with Crippen LogP contribution in [0, 0.1) is 11.8 Å². The van der Waals surface area contributed by atoms with Crippen LogP contribution in [0.25, 0.3) is 0 Å². The highest BCUT2D eigenvalue weighted by atomic mass is 16.6. The second-order valence-electron chi connectivity index (χ2n) is 7.55. The lowest BCUT2D eigenvalue weighted by molar-refractivity contribution is -0.208. The highest BCUT2D eigenvalue weighted by molar-refractivity contribution is 6.20. The number of piperidine rings is 1. The van der Waals surface area contributed by atoms with Gasteiger partial charge in [0.15, 0.2) is 11.5 Å². The molecule has 0 N–H and O–H groups in total. The summed E-state index contributed by atoms with van der Waals surface area (Å²) in [4.78, 5) is 54.2. The minimum Gasteiger partial charge on any atom is -0.374 e. The molecule has 8 nitrogen and oxygen atoms in total. The quantitative estimate of drug-likeness (QED) is 0.533. The van der Waals surface area contributed by atoms with Gasteiger partial charge in [-0.15, -0.1) is 0 Å². The summed E-state index contributed by atoms with van der Waals surface area (Å²) in [6, 6.07) is 8.77. The average molecular weight is 370 g/mol. The molecule has 8 heteroatoms. The Bertz CT molecular complexity index is 901. The molecule has 140 valence electrons. The van der Waals surface area contributed by atoms with E-state index in [2.05, 4.69) is 0 Å². The number of morpholine rings is 1. The Hall–Kier alpha value is -2.58. The number of hydrogen-bond acceptors (Lipinski definition) is 6. The van der Waals surface area contributed by atoms with Gasteiger partial charge in [0, 0.05) is 7.05 Å². The maximum absolute atomic E-state index is 13.5. The van der Waals surface area contributed by atoms with Crippen LogP contribution in [-0.2, 0) is 28.7 Å². The second kappa shape index (κ2) is 5.02. The number of Topliss-reactive ketones (excluding diaryl/α,β-unsaturated/α-hetero) is 1. The molecule has 0 aromatic heterocycles. The largest absolute Gasteiger partial charge is 0.374 e. The number of benzene rings is 1. The van der Waals surface area contributed by atoms with Gasteiger partial charge in [-0.3, -0.25) is 29.0 Å². The van der Waals surface area contributed by atoms with E-state index in [0.29, 0.717) is 0 Å². The van der Waals surface area contributed by atoms with E-state index in [4.69, 9.17) is 9.47 Å². The minimum atomic E-state index is -1.96. The summed E-state index contributed by atoms with van der Waals surface area (Å²) in [5.41, 5.74) is -2.58. The molecule has 0 unspecified atom stereocenters. The van der Waals surface area contributed by atoms with Crippen molar-refractivity contribution in [3.63, 3.8) is 0 Å². The van der Waals surface area contributed by atoms with Gasteiger partial charge in [0.25, 0.3) is 5.91 Å². The number of ketones is 1. The standard InChI is InChI=1S/C19H18N2O6/c1-10(22)19-14-13(15(23)20(2)16(14)24)18(27-19)9-26-8-12(21(18)17(19)25)11-6-4-3-5-7-11/h3-7,12-14H,8-9H2,1-2H3/t12-,13+,14-,18+,19-/m0/s1. The normalized spacial score (nSPS) is 39.8. The van der Waals surface area contributed by atoms with Crippen LogP contribution in [0.4, 0.5) is 0 Å². The third-order valence-corrected chi connectivity index (χ3v) is 6.34. The van der Waals surface area contributed by atoms with Gasteiger partial charge in [-0.25, -0.2) is 0 Å². The maximum Gasteiger partial charge on any atom is 0.266 e. The summed E-state index contributed by atoms with van der Waals surface area (Å²) in [5, 5.41) is 0. The molecule has 4 saturated heterocycles. The van der Waals surface area contributed by atoms with E-state index < -0.39 is 52.7 Å². The van der Waals surface area contributed by atoms with Crippen LogP contribution >= 0.6 is 0 Å². The molecule has 4 aliphatic rings. The van der Waals surface area contributed by atoms with Crippen LogP contribution in [0.2, 0.25) is 0 Å². The predicted octanol–water partition coefficient (Wildman–Crippen LogP) is -0.115. The first-order valence-electron chi connectivity index (χ1n) is 8.85. The molecule has 5 atom stereocenters. The molecule has 4 fully saturated rings. The van der Waals surface area contributed by atoms with Crippen molar-refractivity contribution in [1.82, 2.24) is 9.80 Å². The summed E-state index contributed by atoms with van der Waals surface area (Å²) < 4.78 is 11.8. The second-order valence-corrected chi connectivity index (χ2v) is 7.55. The summed E-state index contributed by atoms with van der Waals surface area (Å²) in [6.07, 6.45) is 0. The number of fused-ring (bicyclic) bond motifs is 3. The van der Waals surface area contributed by atoms with Gasteiger partial charge in [-0.1, -0.05) is 30.3 Å². The Morgan fingerprint density at radius 2 is 1.78 bits per heavy atom. The molecule has 0 radical (unpaired) electrons. The van der Waals surface area contributed by atoms with Crippen LogP contribution in [0.5, 0.6) is 0 Å². The van der Waals surface area contributed by atoms with Crippen molar-refractivity contribution in [2.45, 2.75) is 24.3 Å². The minimum absolute atomic E-state index is 0.0505. The Morgan fingerprint density at radius 3 is 2.44 bits per heavy atom. The number of ether oxygens (including phenoxy) is 2. The maximum atomic E-state index is 13.5. The first-order chi connectivity index (χ1) is 12.9. The van der Waals surface area contributed by atoms with Gasteiger partial charge in [-0.2, -0.15) is 0 Å². The highest BCUT2D eigenvalue weighted by Gasteiger charge is 2.85. The SMILES string of the molecule is CC(=O)[C@@]12O[C@]3(COC[C@@H](c4ccccc4)N3C1=O)[C@H]1C(=O)N(C)C(=O)[C@H]12. The lowest BCUT2D eigenvalue weighted by atomic mass is 9.71. The Morgan fingerprint density at radius 1 is 1.11 bits per heavy atom. The number of rotatable bonds is 2. The van der Waals surface area contributed by atoms with Gasteiger partial charge in [0.05, 0.1) is 19.3 Å². The van der Waals surface area contributed by atoms with Gasteiger partial charge < -0.3 is 9.47 Å². The third-order valence-electron chi connectivity index (χ3n) is 6.34. The fraction of sp³-hybridized carbons (Fsp3) is 0.474. The molecular weight excluding hydrogens is 352 g/mol. The van der Waals surface area contributed by atoms with E-state index in [1.165, 1.54) is 18.9 Å². The molecule has 0 aliphatic carbocycles. The zero-order valence-electron chi connectivity index (χ0n) is 14.9. The van der Waals surface area contributed by atoms with E-state index >= 15 is 0 Å². The van der Waals surface area contributed by atoms with Crippen molar-refractivity contribution >= 4 is 23.5 Å². The number of likely N-dealkylation sites (tertiary alicyclic amines) is 1. The van der Waals surface area contributed by atoms with Crippen molar-refractivity contribution in [3.05, 3.63) is 35.9 Å². The Balaban J connectivity index is 1.72. The molecule has 3 amide bonds. The lowest BCUT2D eigenvalue weighted by Gasteiger charge is -2.48. The molecule has 2 bridgehead atoms. The van der Waals surface area contributed by atoms with Crippen LogP contribution in [0.15, 0.2) is 30.3 Å². The van der Waals surface area contributed by atoms with Crippen molar-refractivity contribution in [2.24, 2.45) is 11.8 Å². The summed E-state index contributed by atoms with van der Waals surface area (Å²) in [6.45, 7) is 1.41. The highest BCUT2D eigenvalue weighted by Crippen LogP contribution is 2.62. The number of nitrogens with zero attached hydrogens (tertiary/aromatic N) is 2. The number of carbonyl (C=O) groups is 4. The van der Waals surface area contributed by atoms with Crippen molar-refractivity contribution in [1.29, 1.82) is 0 Å². The smallest absolute Gasteiger partial charge is 0.266 e. The molecule has 27 heavy (non-hydrogen) atoms. The summed E-state index contributed by atoms with van der Waals surface area (Å²) >= 11 is 0. The topological polar surface area (TPSA) is 93.2 Å². The molecule has 1 aromatic rings. The van der Waals surface area contributed by atoms with E-state index in [1.807, 2.05) is 30.3 Å².